The molecule has 0 aliphatic carbocycles. The average molecular weight is 317 g/mol. The van der Waals surface area contributed by atoms with Crippen molar-refractivity contribution >= 4 is 21.6 Å². The summed E-state index contributed by atoms with van der Waals surface area (Å²) in [4.78, 5) is 10.4. The van der Waals surface area contributed by atoms with E-state index in [0.717, 1.165) is 0 Å². The Morgan fingerprint density at radius 1 is 1.56 bits per heavy atom. The van der Waals surface area contributed by atoms with Gasteiger partial charge in [-0.15, -0.1) is 0 Å². The highest BCUT2D eigenvalue weighted by Gasteiger charge is 2.42. The molecule has 2 atom stereocenters. The second-order valence-electron chi connectivity index (χ2n) is 4.77. The molecule has 1 aromatic rings. The third-order valence-electron chi connectivity index (χ3n) is 3.06. The van der Waals surface area contributed by atoms with Crippen LogP contribution in [0.2, 0.25) is 0 Å². The van der Waals surface area contributed by atoms with Crippen molar-refractivity contribution in [3.05, 3.63) is 32.3 Å². The van der Waals surface area contributed by atoms with E-state index in [-0.39, 0.29) is 5.69 Å². The van der Waals surface area contributed by atoms with Crippen molar-refractivity contribution < 1.29 is 14.8 Å². The smallest absolute Gasteiger partial charge is 0.287 e. The molecular formula is C11H13BrN2O4. The number of benzene rings is 1. The first-order valence-corrected chi connectivity index (χ1v) is 6.14. The molecule has 0 radical (unpaired) electrons. The lowest BCUT2D eigenvalue weighted by atomic mass is 9.87. The van der Waals surface area contributed by atoms with Gasteiger partial charge in [0.15, 0.2) is 0 Å². The van der Waals surface area contributed by atoms with E-state index in [1.54, 1.807) is 13.8 Å². The number of rotatable bonds is 1. The number of aliphatic hydroxyl groups is 1. The Kier molecular flexibility index (Phi) is 3.08. The fourth-order valence-electron chi connectivity index (χ4n) is 1.99. The lowest BCUT2D eigenvalue weighted by molar-refractivity contribution is -0.385. The zero-order chi connectivity index (χ0) is 13.7. The molecule has 6 nitrogen and oxygen atoms in total. The Labute approximate surface area is 112 Å². The summed E-state index contributed by atoms with van der Waals surface area (Å²) in [7, 11) is 0. The van der Waals surface area contributed by atoms with E-state index in [1.165, 1.54) is 12.1 Å². The SMILES string of the molecule is CC1(C)Oc2cc([N+](=O)[O-])c(Br)cc2C(N)C1O. The van der Waals surface area contributed by atoms with Gasteiger partial charge in [0.25, 0.3) is 5.69 Å². The van der Waals surface area contributed by atoms with Crippen LogP contribution in [0.4, 0.5) is 5.69 Å². The molecule has 1 aliphatic rings. The van der Waals surface area contributed by atoms with Gasteiger partial charge < -0.3 is 15.6 Å². The van der Waals surface area contributed by atoms with E-state index in [4.69, 9.17) is 10.5 Å². The van der Waals surface area contributed by atoms with Gasteiger partial charge in [-0.3, -0.25) is 10.1 Å². The van der Waals surface area contributed by atoms with Crippen molar-refractivity contribution in [3.8, 4) is 5.75 Å². The van der Waals surface area contributed by atoms with Crippen molar-refractivity contribution in [2.24, 2.45) is 5.73 Å². The van der Waals surface area contributed by atoms with Gasteiger partial charge in [-0.1, -0.05) is 0 Å². The number of nitrogens with zero attached hydrogens (tertiary/aromatic N) is 1. The first-order chi connectivity index (χ1) is 8.24. The minimum atomic E-state index is -0.881. The summed E-state index contributed by atoms with van der Waals surface area (Å²) in [6.45, 7) is 3.38. The normalized spacial score (nSPS) is 25.2. The van der Waals surface area contributed by atoms with Crippen molar-refractivity contribution in [1.82, 2.24) is 0 Å². The topological polar surface area (TPSA) is 98.6 Å². The van der Waals surface area contributed by atoms with E-state index in [9.17, 15) is 15.2 Å². The van der Waals surface area contributed by atoms with Crippen molar-refractivity contribution in [2.75, 3.05) is 0 Å². The molecule has 1 aromatic carbocycles. The molecule has 0 saturated heterocycles. The Morgan fingerprint density at radius 3 is 2.72 bits per heavy atom. The van der Waals surface area contributed by atoms with E-state index in [2.05, 4.69) is 15.9 Å². The van der Waals surface area contributed by atoms with Gasteiger partial charge in [-0.05, 0) is 35.8 Å². The minimum Gasteiger partial charge on any atom is -0.484 e. The maximum Gasteiger partial charge on any atom is 0.287 e. The number of nitro benzene ring substituents is 1. The van der Waals surface area contributed by atoms with Crippen molar-refractivity contribution in [3.63, 3.8) is 0 Å². The van der Waals surface area contributed by atoms with Crippen LogP contribution in [-0.4, -0.2) is 21.7 Å². The van der Waals surface area contributed by atoms with Gasteiger partial charge in [-0.2, -0.15) is 0 Å². The average Bonchev–Trinajstić information content (AvgIpc) is 2.26. The largest absolute Gasteiger partial charge is 0.484 e. The first-order valence-electron chi connectivity index (χ1n) is 5.34. The van der Waals surface area contributed by atoms with Crippen LogP contribution >= 0.6 is 15.9 Å². The predicted octanol–water partition coefficient (Wildman–Crippen LogP) is 1.89. The molecule has 1 heterocycles. The third-order valence-corrected chi connectivity index (χ3v) is 3.70. The maximum absolute atomic E-state index is 10.9. The van der Waals surface area contributed by atoms with Gasteiger partial charge in [0.2, 0.25) is 0 Å². The first kappa shape index (κ1) is 13.3. The van der Waals surface area contributed by atoms with Crippen LogP contribution in [0.5, 0.6) is 5.75 Å². The molecule has 0 spiro atoms. The summed E-state index contributed by atoms with van der Waals surface area (Å²) >= 11 is 3.12. The van der Waals surface area contributed by atoms with Crippen LogP contribution in [0, 0.1) is 10.1 Å². The van der Waals surface area contributed by atoms with Gasteiger partial charge in [0, 0.05) is 5.56 Å². The third kappa shape index (κ3) is 1.98. The molecule has 0 aromatic heterocycles. The summed E-state index contributed by atoms with van der Waals surface area (Å²) in [5.41, 5.74) is 5.52. The standard InChI is InChI=1S/C11H13BrN2O4/c1-11(2)10(15)9(13)5-3-6(12)7(14(16)17)4-8(5)18-11/h3-4,9-10,15H,13H2,1-2H3. The summed E-state index contributed by atoms with van der Waals surface area (Å²) in [6, 6.07) is 2.21. The van der Waals surface area contributed by atoms with Crippen LogP contribution in [0.25, 0.3) is 0 Å². The molecule has 0 amide bonds. The van der Waals surface area contributed by atoms with Gasteiger partial charge >= 0.3 is 0 Å². The summed E-state index contributed by atoms with van der Waals surface area (Å²) in [5, 5.41) is 20.9. The Balaban J connectivity index is 2.58. The predicted molar refractivity (Wildman–Crippen MR) is 68.4 cm³/mol. The molecule has 2 rings (SSSR count). The Hall–Kier alpha value is -1.18. The van der Waals surface area contributed by atoms with E-state index >= 15 is 0 Å². The van der Waals surface area contributed by atoms with Gasteiger partial charge in [0.05, 0.1) is 21.5 Å². The molecule has 0 fully saturated rings. The quantitative estimate of drug-likeness (QED) is 0.609. The zero-order valence-electron chi connectivity index (χ0n) is 9.88. The second-order valence-corrected chi connectivity index (χ2v) is 5.63. The lowest BCUT2D eigenvalue weighted by Gasteiger charge is -2.40. The molecule has 2 unspecified atom stereocenters. The van der Waals surface area contributed by atoms with Crippen molar-refractivity contribution in [1.29, 1.82) is 0 Å². The molecule has 0 saturated carbocycles. The van der Waals surface area contributed by atoms with Crippen molar-refractivity contribution in [2.45, 2.75) is 31.6 Å². The molecular weight excluding hydrogens is 304 g/mol. The Morgan fingerprint density at radius 2 is 2.17 bits per heavy atom. The Bertz CT molecular complexity index is 518. The highest BCUT2D eigenvalue weighted by molar-refractivity contribution is 9.10. The van der Waals surface area contributed by atoms with E-state index in [0.29, 0.717) is 15.8 Å². The fourth-order valence-corrected chi connectivity index (χ4v) is 2.50. The minimum absolute atomic E-state index is 0.0897. The number of halogens is 1. The zero-order valence-corrected chi connectivity index (χ0v) is 11.5. The molecule has 1 aliphatic heterocycles. The summed E-state index contributed by atoms with van der Waals surface area (Å²) < 4.78 is 5.91. The highest BCUT2D eigenvalue weighted by Crippen LogP contribution is 2.42. The summed E-state index contributed by atoms with van der Waals surface area (Å²) in [5.74, 6) is 0.340. The number of fused-ring (bicyclic) bond motifs is 1. The number of aliphatic hydroxyl groups excluding tert-OH is 1. The highest BCUT2D eigenvalue weighted by atomic mass is 79.9. The molecule has 0 bridgehead atoms. The summed E-state index contributed by atoms with van der Waals surface area (Å²) in [6.07, 6.45) is -0.877. The molecule has 18 heavy (non-hydrogen) atoms. The van der Waals surface area contributed by atoms with Gasteiger partial charge in [0.1, 0.15) is 17.5 Å². The van der Waals surface area contributed by atoms with Crippen LogP contribution in [0.1, 0.15) is 25.5 Å². The number of hydrogen-bond donors (Lipinski definition) is 2. The number of hydrogen-bond acceptors (Lipinski definition) is 5. The monoisotopic (exact) mass is 316 g/mol. The number of nitrogens with two attached hydrogens (primary N) is 1. The molecule has 7 heteroatoms. The van der Waals surface area contributed by atoms with Gasteiger partial charge in [-0.25, -0.2) is 0 Å². The number of nitro groups is 1. The lowest BCUT2D eigenvalue weighted by Crippen LogP contribution is -2.51. The number of ether oxygens (including phenoxy) is 1. The van der Waals surface area contributed by atoms with Crippen LogP contribution < -0.4 is 10.5 Å². The van der Waals surface area contributed by atoms with E-state index in [1.807, 2.05) is 0 Å². The second kappa shape index (κ2) is 4.18. The molecule has 3 N–H and O–H groups in total. The fraction of sp³-hybridized carbons (Fsp3) is 0.455. The van der Waals surface area contributed by atoms with Crippen LogP contribution in [-0.2, 0) is 0 Å². The van der Waals surface area contributed by atoms with Crippen LogP contribution in [0.15, 0.2) is 16.6 Å². The molecule has 98 valence electrons. The van der Waals surface area contributed by atoms with E-state index < -0.39 is 22.7 Å². The van der Waals surface area contributed by atoms with Crippen LogP contribution in [0.3, 0.4) is 0 Å². The maximum atomic E-state index is 10.9.